The summed E-state index contributed by atoms with van der Waals surface area (Å²) >= 11 is 0. The first-order valence-corrected chi connectivity index (χ1v) is 7.71. The van der Waals surface area contributed by atoms with E-state index < -0.39 is 43.4 Å². The number of carbonyl (C=O) groups excluding carboxylic acids is 1. The molecule has 0 radical (unpaired) electrons. The first-order valence-electron chi connectivity index (χ1n) is 7.71. The lowest BCUT2D eigenvalue weighted by Crippen LogP contribution is -2.35. The Morgan fingerprint density at radius 1 is 1.27 bits per heavy atom. The van der Waals surface area contributed by atoms with E-state index >= 15 is 0 Å². The van der Waals surface area contributed by atoms with Gasteiger partial charge in [0.2, 0.25) is 5.91 Å². The van der Waals surface area contributed by atoms with Gasteiger partial charge in [0, 0.05) is 0 Å². The molecule has 1 aromatic carbocycles. The van der Waals surface area contributed by atoms with Gasteiger partial charge in [0.05, 0.1) is 25.2 Å². The van der Waals surface area contributed by atoms with E-state index in [1.165, 1.54) is 12.1 Å². The Balaban J connectivity index is 2.92. The van der Waals surface area contributed by atoms with Crippen molar-refractivity contribution >= 4 is 5.91 Å². The van der Waals surface area contributed by atoms with Crippen LogP contribution in [0.4, 0.5) is 22.0 Å². The van der Waals surface area contributed by atoms with E-state index in [1.807, 2.05) is 0 Å². The summed E-state index contributed by atoms with van der Waals surface area (Å²) in [6, 6.07) is 3.41. The second-order valence-corrected chi connectivity index (χ2v) is 5.85. The van der Waals surface area contributed by atoms with E-state index in [2.05, 4.69) is 14.8 Å². The van der Waals surface area contributed by atoms with E-state index in [9.17, 15) is 31.9 Å². The smallest absolute Gasteiger partial charge is 0.406 e. The van der Waals surface area contributed by atoms with Crippen molar-refractivity contribution in [1.29, 1.82) is 0 Å². The number of hydrogen-bond acceptors (Lipinski definition) is 4. The highest BCUT2D eigenvalue weighted by Crippen LogP contribution is 2.26. The highest BCUT2D eigenvalue weighted by molar-refractivity contribution is 5.77. The van der Waals surface area contributed by atoms with E-state index in [1.54, 1.807) is 13.8 Å². The zero-order chi connectivity index (χ0) is 19.9. The predicted octanol–water partition coefficient (Wildman–Crippen LogP) is 3.39. The van der Waals surface area contributed by atoms with Gasteiger partial charge >= 0.3 is 13.0 Å². The first-order chi connectivity index (χ1) is 12.0. The van der Waals surface area contributed by atoms with Crippen LogP contribution in [0.5, 0.6) is 5.75 Å². The monoisotopic (exact) mass is 385 g/mol. The molecule has 0 unspecified atom stereocenters. The Bertz CT molecular complexity index is 580. The van der Waals surface area contributed by atoms with Crippen molar-refractivity contribution in [2.24, 2.45) is 5.92 Å². The molecular weight excluding hydrogens is 365 g/mol. The van der Waals surface area contributed by atoms with Crippen LogP contribution in [0.2, 0.25) is 0 Å². The highest BCUT2D eigenvalue weighted by atomic mass is 19.4. The van der Waals surface area contributed by atoms with Crippen molar-refractivity contribution in [2.75, 3.05) is 6.61 Å². The molecule has 2 N–H and O–H groups in total. The zero-order valence-corrected chi connectivity index (χ0v) is 14.1. The van der Waals surface area contributed by atoms with Gasteiger partial charge < -0.3 is 19.9 Å². The summed E-state index contributed by atoms with van der Waals surface area (Å²) in [7, 11) is 0. The lowest BCUT2D eigenvalue weighted by atomic mass is 10.0. The Morgan fingerprint density at radius 3 is 2.46 bits per heavy atom. The molecular formula is C16H20F5NO4. The van der Waals surface area contributed by atoms with Gasteiger partial charge in [-0.1, -0.05) is 26.0 Å². The van der Waals surface area contributed by atoms with E-state index in [0.29, 0.717) is 0 Å². The number of amides is 1. The third-order valence-electron chi connectivity index (χ3n) is 3.38. The Morgan fingerprint density at radius 2 is 1.92 bits per heavy atom. The maximum absolute atomic E-state index is 12.3. The van der Waals surface area contributed by atoms with Crippen molar-refractivity contribution in [3.8, 4) is 5.75 Å². The lowest BCUT2D eigenvalue weighted by molar-refractivity contribution is -0.274. The van der Waals surface area contributed by atoms with Gasteiger partial charge in [-0.15, -0.1) is 13.2 Å². The lowest BCUT2D eigenvalue weighted by Gasteiger charge is -2.21. The second-order valence-electron chi connectivity index (χ2n) is 5.85. The van der Waals surface area contributed by atoms with Crippen LogP contribution in [-0.2, 0) is 9.53 Å². The Labute approximate surface area is 147 Å². The summed E-state index contributed by atoms with van der Waals surface area (Å²) in [6.07, 6.45) is -6.16. The molecule has 0 fully saturated rings. The zero-order valence-electron chi connectivity index (χ0n) is 14.1. The molecule has 2 atom stereocenters. The molecule has 1 rings (SSSR count). The van der Waals surface area contributed by atoms with Gasteiger partial charge in [0.25, 0.3) is 0 Å². The molecule has 1 aromatic rings. The molecule has 1 amide bonds. The second kappa shape index (κ2) is 9.67. The van der Waals surface area contributed by atoms with Crippen LogP contribution in [0.1, 0.15) is 31.9 Å². The molecule has 10 heteroatoms. The van der Waals surface area contributed by atoms with Crippen LogP contribution < -0.4 is 10.1 Å². The topological polar surface area (TPSA) is 67.8 Å². The molecule has 26 heavy (non-hydrogen) atoms. The van der Waals surface area contributed by atoms with Crippen molar-refractivity contribution < 1.29 is 41.3 Å². The number of aliphatic hydroxyl groups is 1. The number of alkyl halides is 5. The summed E-state index contributed by atoms with van der Waals surface area (Å²) in [5.41, 5.74) is 0.0831. The fourth-order valence-electron chi connectivity index (χ4n) is 2.00. The number of halogens is 5. The van der Waals surface area contributed by atoms with Crippen LogP contribution in [0.15, 0.2) is 24.3 Å². The normalized spacial score (nSPS) is 14.4. The Kier molecular flexibility index (Phi) is 8.22. The van der Waals surface area contributed by atoms with Gasteiger partial charge in [0.15, 0.2) is 0 Å². The third-order valence-corrected chi connectivity index (χ3v) is 3.38. The number of benzene rings is 1. The van der Waals surface area contributed by atoms with Gasteiger partial charge in [0.1, 0.15) is 5.75 Å². The molecule has 0 spiro atoms. The van der Waals surface area contributed by atoms with Gasteiger partial charge in [-0.2, -0.15) is 8.78 Å². The van der Waals surface area contributed by atoms with Gasteiger partial charge in [-0.05, 0) is 23.6 Å². The number of rotatable bonds is 9. The molecule has 0 aliphatic carbocycles. The van der Waals surface area contributed by atoms with Crippen LogP contribution in [-0.4, -0.2) is 36.7 Å². The first kappa shape index (κ1) is 22.1. The standard InChI is InChI=1S/C16H20F5NO4/c1-9(2)13(23)7-14(24)22-12(8-25-15(17)18)10-4-3-5-11(6-10)26-16(19,20)21/h3-6,9,12-13,15,23H,7-8H2,1-2H3,(H,22,24)/t12-,13+/m0/s1. The van der Waals surface area contributed by atoms with Crippen LogP contribution in [0, 0.1) is 5.92 Å². The largest absolute Gasteiger partial charge is 0.573 e. The molecule has 0 saturated carbocycles. The molecule has 0 aliphatic heterocycles. The van der Waals surface area contributed by atoms with Crippen molar-refractivity contribution in [2.45, 2.75) is 45.4 Å². The average molecular weight is 385 g/mol. The summed E-state index contributed by atoms with van der Waals surface area (Å²) in [4.78, 5) is 12.0. The third kappa shape index (κ3) is 8.43. The Hall–Kier alpha value is -1.94. The summed E-state index contributed by atoms with van der Waals surface area (Å²) in [6.45, 7) is -0.415. The van der Waals surface area contributed by atoms with Gasteiger partial charge in [-0.25, -0.2) is 0 Å². The number of hydrogen-bond donors (Lipinski definition) is 2. The van der Waals surface area contributed by atoms with Crippen LogP contribution in [0.3, 0.4) is 0 Å². The van der Waals surface area contributed by atoms with E-state index in [0.717, 1.165) is 12.1 Å². The number of ether oxygens (including phenoxy) is 2. The average Bonchev–Trinajstić information content (AvgIpc) is 2.49. The minimum Gasteiger partial charge on any atom is -0.406 e. The molecule has 5 nitrogen and oxygen atoms in total. The molecule has 0 aliphatic rings. The maximum Gasteiger partial charge on any atom is 0.573 e. The van der Waals surface area contributed by atoms with Crippen molar-refractivity contribution in [1.82, 2.24) is 5.32 Å². The molecule has 0 heterocycles. The minimum absolute atomic E-state index is 0.0831. The molecule has 148 valence electrons. The van der Waals surface area contributed by atoms with Gasteiger partial charge in [-0.3, -0.25) is 4.79 Å². The molecule has 0 bridgehead atoms. The number of nitrogens with one attached hydrogen (secondary N) is 1. The SMILES string of the molecule is CC(C)[C@H](O)CC(=O)N[C@@H](COC(F)F)c1cccc(OC(F)(F)F)c1. The molecule has 0 saturated heterocycles. The maximum atomic E-state index is 12.3. The fraction of sp³-hybridized carbons (Fsp3) is 0.562. The number of aliphatic hydroxyl groups excluding tert-OH is 1. The van der Waals surface area contributed by atoms with E-state index in [-0.39, 0.29) is 17.9 Å². The quantitative estimate of drug-likeness (QED) is 0.640. The molecule has 0 aromatic heterocycles. The summed E-state index contributed by atoms with van der Waals surface area (Å²) in [5, 5.41) is 12.1. The highest BCUT2D eigenvalue weighted by Gasteiger charge is 2.31. The number of carbonyl (C=O) groups is 1. The van der Waals surface area contributed by atoms with Crippen molar-refractivity contribution in [3.63, 3.8) is 0 Å². The van der Waals surface area contributed by atoms with Crippen LogP contribution >= 0.6 is 0 Å². The van der Waals surface area contributed by atoms with Crippen molar-refractivity contribution in [3.05, 3.63) is 29.8 Å². The summed E-state index contributed by atoms with van der Waals surface area (Å²) < 4.78 is 69.5. The van der Waals surface area contributed by atoms with Crippen LogP contribution in [0.25, 0.3) is 0 Å². The summed E-state index contributed by atoms with van der Waals surface area (Å²) in [5.74, 6) is -1.43. The minimum atomic E-state index is -4.92. The predicted molar refractivity (Wildman–Crippen MR) is 81.4 cm³/mol. The van der Waals surface area contributed by atoms with E-state index in [4.69, 9.17) is 0 Å². The fourth-order valence-corrected chi connectivity index (χ4v) is 2.00.